The molecule has 6 heteroatoms. The molecule has 0 unspecified atom stereocenters. The number of nitrogens with zero attached hydrogens (tertiary/aromatic N) is 3. The van der Waals surface area contributed by atoms with Crippen molar-refractivity contribution in [1.29, 1.82) is 0 Å². The van der Waals surface area contributed by atoms with E-state index in [1.54, 1.807) is 0 Å². The van der Waals surface area contributed by atoms with Gasteiger partial charge in [-0.1, -0.05) is 39.8 Å². The fourth-order valence-electron chi connectivity index (χ4n) is 1.00. The molecule has 14 heavy (non-hydrogen) atoms. The normalized spacial score (nSPS) is 9.21. The predicted molar refractivity (Wildman–Crippen MR) is 57.3 cm³/mol. The molecule has 0 aromatic heterocycles. The first-order valence-electron chi connectivity index (χ1n) is 3.64. The molecule has 1 rings (SSSR count). The van der Waals surface area contributed by atoms with Gasteiger partial charge in [-0.25, -0.2) is 0 Å². The second kappa shape index (κ2) is 4.83. The molecule has 0 amide bonds. The molecule has 0 saturated heterocycles. The Kier molecular flexibility index (Phi) is 3.73. The van der Waals surface area contributed by atoms with E-state index in [1.807, 2.05) is 22.6 Å². The number of halogens is 1. The van der Waals surface area contributed by atoms with E-state index < -0.39 is 5.97 Å². The maximum atomic E-state index is 10.6. The van der Waals surface area contributed by atoms with Crippen LogP contribution in [0.5, 0.6) is 0 Å². The molecule has 0 fully saturated rings. The molecule has 5 nitrogen and oxygen atoms in total. The minimum absolute atomic E-state index is 0.135. The number of azide groups is 1. The summed E-state index contributed by atoms with van der Waals surface area (Å²) in [6.07, 6.45) is 0. The highest BCUT2D eigenvalue weighted by atomic mass is 127. The first-order chi connectivity index (χ1) is 6.69. The molecule has 0 aliphatic rings. The van der Waals surface area contributed by atoms with Crippen molar-refractivity contribution in [3.8, 4) is 0 Å². The van der Waals surface area contributed by atoms with Crippen molar-refractivity contribution in [1.82, 2.24) is 0 Å². The van der Waals surface area contributed by atoms with Crippen molar-refractivity contribution in [3.05, 3.63) is 39.8 Å². The van der Waals surface area contributed by atoms with Crippen LogP contribution in [-0.4, -0.2) is 5.97 Å². The Labute approximate surface area is 93.5 Å². The van der Waals surface area contributed by atoms with E-state index in [1.165, 1.54) is 18.2 Å². The zero-order valence-electron chi connectivity index (χ0n) is 6.98. The van der Waals surface area contributed by atoms with Crippen LogP contribution in [0.3, 0.4) is 0 Å². The van der Waals surface area contributed by atoms with Gasteiger partial charge in [0.15, 0.2) is 0 Å². The average Bonchev–Trinajstić information content (AvgIpc) is 2.17. The number of carboxylic acid groups (broad SMARTS) is 1. The van der Waals surface area contributed by atoms with Gasteiger partial charge in [0, 0.05) is 20.6 Å². The first-order valence-corrected chi connectivity index (χ1v) is 5.17. The van der Waals surface area contributed by atoms with Crippen molar-refractivity contribution >= 4 is 34.2 Å². The molecule has 0 saturated carbocycles. The molecule has 0 radical (unpaired) electrons. The van der Waals surface area contributed by atoms with Gasteiger partial charge < -0.3 is 9.90 Å². The number of hydrogen-bond donors (Lipinski definition) is 0. The fraction of sp³-hybridized carbons (Fsp3) is 0.125. The van der Waals surface area contributed by atoms with Gasteiger partial charge in [-0.05, 0) is 17.2 Å². The smallest absolute Gasteiger partial charge is 0.0718 e. The maximum absolute atomic E-state index is 10.6. The number of aromatic carboxylic acids is 1. The number of carbonyl (C=O) groups is 1. The molecule has 72 valence electrons. The van der Waals surface area contributed by atoms with Gasteiger partial charge in [-0.3, -0.25) is 0 Å². The SMILES string of the molecule is [N-]=[N+]=Nc1ccc(C(=O)[O-])c(CI)c1. The summed E-state index contributed by atoms with van der Waals surface area (Å²) >= 11 is 2.03. The lowest BCUT2D eigenvalue weighted by Crippen LogP contribution is -2.23. The Morgan fingerprint density at radius 3 is 2.86 bits per heavy atom. The predicted octanol–water partition coefficient (Wildman–Crippen LogP) is 1.93. The lowest BCUT2D eigenvalue weighted by Gasteiger charge is -2.08. The monoisotopic (exact) mass is 302 g/mol. The second-order valence-corrected chi connectivity index (χ2v) is 3.21. The zero-order valence-corrected chi connectivity index (χ0v) is 9.13. The Hall–Kier alpha value is -1.27. The van der Waals surface area contributed by atoms with Gasteiger partial charge in [-0.15, -0.1) is 0 Å². The number of alkyl halides is 1. The van der Waals surface area contributed by atoms with Crippen molar-refractivity contribution in [3.63, 3.8) is 0 Å². The third-order valence-electron chi connectivity index (χ3n) is 1.61. The molecule has 0 heterocycles. The number of benzene rings is 1. The molecule has 1 aromatic carbocycles. The molecular formula is C8H5IN3O2-. The zero-order chi connectivity index (χ0) is 10.6. The first kappa shape index (κ1) is 10.8. The quantitative estimate of drug-likeness (QED) is 0.281. The van der Waals surface area contributed by atoms with Gasteiger partial charge in [0.05, 0.1) is 5.97 Å². The highest BCUT2D eigenvalue weighted by molar-refractivity contribution is 14.1. The van der Waals surface area contributed by atoms with E-state index in [2.05, 4.69) is 10.0 Å². The van der Waals surface area contributed by atoms with Crippen LogP contribution >= 0.6 is 22.6 Å². The van der Waals surface area contributed by atoms with Crippen LogP contribution in [0.2, 0.25) is 0 Å². The number of carbonyl (C=O) groups excluding carboxylic acids is 1. The Bertz CT molecular complexity index is 413. The van der Waals surface area contributed by atoms with E-state index in [4.69, 9.17) is 5.53 Å². The Morgan fingerprint density at radius 2 is 2.36 bits per heavy atom. The van der Waals surface area contributed by atoms with Crippen molar-refractivity contribution in [2.45, 2.75) is 4.43 Å². The van der Waals surface area contributed by atoms with Crippen LogP contribution in [0, 0.1) is 0 Å². The molecule has 0 N–H and O–H groups in total. The third kappa shape index (κ3) is 2.36. The van der Waals surface area contributed by atoms with Crippen LogP contribution in [0.4, 0.5) is 5.69 Å². The van der Waals surface area contributed by atoms with Crippen LogP contribution in [0.25, 0.3) is 10.4 Å². The Balaban J connectivity index is 3.24. The topological polar surface area (TPSA) is 88.9 Å². The minimum atomic E-state index is -1.22. The highest BCUT2D eigenvalue weighted by Gasteiger charge is 2.02. The van der Waals surface area contributed by atoms with E-state index in [0.29, 0.717) is 15.7 Å². The summed E-state index contributed by atoms with van der Waals surface area (Å²) in [4.78, 5) is 13.2. The van der Waals surface area contributed by atoms with Crippen LogP contribution < -0.4 is 5.11 Å². The summed E-state index contributed by atoms with van der Waals surface area (Å²) in [5, 5.41) is 14.0. The highest BCUT2D eigenvalue weighted by Crippen LogP contribution is 2.20. The van der Waals surface area contributed by atoms with Crippen molar-refractivity contribution < 1.29 is 9.90 Å². The van der Waals surface area contributed by atoms with Crippen molar-refractivity contribution in [2.75, 3.05) is 0 Å². The summed E-state index contributed by atoms with van der Waals surface area (Å²) in [5.74, 6) is -1.22. The van der Waals surface area contributed by atoms with Gasteiger partial charge in [0.1, 0.15) is 0 Å². The summed E-state index contributed by atoms with van der Waals surface area (Å²) in [6.45, 7) is 0. The van der Waals surface area contributed by atoms with E-state index in [0.717, 1.165) is 0 Å². The molecule has 1 aromatic rings. The average molecular weight is 302 g/mol. The molecule has 0 bridgehead atoms. The van der Waals surface area contributed by atoms with Crippen molar-refractivity contribution in [2.24, 2.45) is 5.11 Å². The lowest BCUT2D eigenvalue weighted by atomic mass is 10.1. The molecule has 0 aliphatic carbocycles. The number of carboxylic acids is 1. The number of hydrogen-bond acceptors (Lipinski definition) is 3. The lowest BCUT2D eigenvalue weighted by molar-refractivity contribution is -0.255. The van der Waals surface area contributed by atoms with Crippen LogP contribution in [0.15, 0.2) is 23.3 Å². The fourth-order valence-corrected chi connectivity index (χ4v) is 1.63. The largest absolute Gasteiger partial charge is 0.545 e. The van der Waals surface area contributed by atoms with Gasteiger partial charge in [-0.2, -0.15) is 0 Å². The van der Waals surface area contributed by atoms with Gasteiger partial charge in [0.25, 0.3) is 0 Å². The van der Waals surface area contributed by atoms with Crippen LogP contribution in [0.1, 0.15) is 15.9 Å². The standard InChI is InChI=1S/C8H6IN3O2/c9-4-5-3-6(11-12-10)1-2-7(5)8(13)14/h1-3H,4H2,(H,13,14)/p-1. The Morgan fingerprint density at radius 1 is 1.64 bits per heavy atom. The molecule has 0 atom stereocenters. The van der Waals surface area contributed by atoms with E-state index in [9.17, 15) is 9.90 Å². The molecule has 0 spiro atoms. The summed E-state index contributed by atoms with van der Waals surface area (Å²) in [6, 6.07) is 4.37. The minimum Gasteiger partial charge on any atom is -0.545 e. The van der Waals surface area contributed by atoms with Gasteiger partial charge in [0.2, 0.25) is 0 Å². The summed E-state index contributed by atoms with van der Waals surface area (Å²) in [5.41, 5.74) is 9.32. The van der Waals surface area contributed by atoms with E-state index >= 15 is 0 Å². The van der Waals surface area contributed by atoms with E-state index in [-0.39, 0.29) is 5.56 Å². The second-order valence-electron chi connectivity index (χ2n) is 2.45. The number of rotatable bonds is 3. The molecular weight excluding hydrogens is 297 g/mol. The summed E-state index contributed by atoms with van der Waals surface area (Å²) < 4.78 is 0.524. The maximum Gasteiger partial charge on any atom is 0.0718 e. The summed E-state index contributed by atoms with van der Waals surface area (Å²) in [7, 11) is 0. The van der Waals surface area contributed by atoms with Crippen LogP contribution in [-0.2, 0) is 4.43 Å². The third-order valence-corrected chi connectivity index (χ3v) is 2.43. The van der Waals surface area contributed by atoms with Gasteiger partial charge >= 0.3 is 0 Å². The molecule has 0 aliphatic heterocycles.